The lowest BCUT2D eigenvalue weighted by Gasteiger charge is -1.98. The number of primary amides is 1. The molecule has 0 saturated carbocycles. The fourth-order valence-electron chi connectivity index (χ4n) is 1.47. The maximum absolute atomic E-state index is 11.4. The van der Waals surface area contributed by atoms with Crippen LogP contribution < -0.4 is 5.73 Å². The van der Waals surface area contributed by atoms with Crippen LogP contribution >= 0.6 is 0 Å². The summed E-state index contributed by atoms with van der Waals surface area (Å²) in [6.07, 6.45) is 1.30. The first-order valence-electron chi connectivity index (χ1n) is 4.38. The third kappa shape index (κ3) is 1.36. The standard InChI is InChI=1S/C10H8N2O4/c11-10(16)9(15)5-3-12-6-2-8(14)7(13)1-4(5)6/h1-3,12-14H,(H2,11,16). The minimum absolute atomic E-state index is 0.0674. The van der Waals surface area contributed by atoms with Gasteiger partial charge in [0.25, 0.3) is 11.7 Å². The number of nitrogens with two attached hydrogens (primary N) is 1. The topological polar surface area (TPSA) is 116 Å². The molecule has 2 rings (SSSR count). The molecular weight excluding hydrogens is 212 g/mol. The molecule has 0 saturated heterocycles. The lowest BCUT2D eigenvalue weighted by Crippen LogP contribution is -2.22. The van der Waals surface area contributed by atoms with Gasteiger partial charge in [-0.3, -0.25) is 9.59 Å². The number of Topliss-reactive ketones (excluding diaryl/α,β-unsaturated/α-hetero) is 1. The molecule has 2 aromatic rings. The molecule has 1 aromatic carbocycles. The van der Waals surface area contributed by atoms with Gasteiger partial charge in [-0.1, -0.05) is 0 Å². The monoisotopic (exact) mass is 220 g/mol. The lowest BCUT2D eigenvalue weighted by atomic mass is 10.1. The van der Waals surface area contributed by atoms with E-state index in [2.05, 4.69) is 4.98 Å². The second kappa shape index (κ2) is 3.27. The normalized spacial score (nSPS) is 10.5. The number of carbonyl (C=O) groups excluding carboxylic acids is 2. The highest BCUT2D eigenvalue weighted by Crippen LogP contribution is 2.31. The summed E-state index contributed by atoms with van der Waals surface area (Å²) in [5.41, 5.74) is 5.37. The van der Waals surface area contributed by atoms with Crippen molar-refractivity contribution in [3.05, 3.63) is 23.9 Å². The number of ketones is 1. The summed E-state index contributed by atoms with van der Waals surface area (Å²) in [6, 6.07) is 2.44. The molecule has 0 unspecified atom stereocenters. The van der Waals surface area contributed by atoms with Crippen LogP contribution in [-0.4, -0.2) is 26.9 Å². The fourth-order valence-corrected chi connectivity index (χ4v) is 1.47. The summed E-state index contributed by atoms with van der Waals surface area (Å²) in [6.45, 7) is 0. The molecule has 6 nitrogen and oxygen atoms in total. The Morgan fingerprint density at radius 2 is 1.81 bits per heavy atom. The number of phenolic OH excluding ortho intramolecular Hbond substituents is 2. The van der Waals surface area contributed by atoms with Crippen LogP contribution in [0.5, 0.6) is 11.5 Å². The molecule has 16 heavy (non-hydrogen) atoms. The summed E-state index contributed by atoms with van der Waals surface area (Å²) in [5, 5.41) is 18.8. The van der Waals surface area contributed by atoms with E-state index in [1.54, 1.807) is 0 Å². The number of rotatable bonds is 2. The number of aromatic amines is 1. The van der Waals surface area contributed by atoms with Gasteiger partial charge in [-0.2, -0.15) is 0 Å². The highest BCUT2D eigenvalue weighted by Gasteiger charge is 2.18. The van der Waals surface area contributed by atoms with Gasteiger partial charge < -0.3 is 20.9 Å². The van der Waals surface area contributed by atoms with E-state index in [0.29, 0.717) is 10.9 Å². The van der Waals surface area contributed by atoms with Crippen molar-refractivity contribution in [3.63, 3.8) is 0 Å². The van der Waals surface area contributed by atoms with Gasteiger partial charge in [0.15, 0.2) is 11.5 Å². The molecule has 0 radical (unpaired) electrons. The molecule has 0 bridgehead atoms. The Labute approximate surface area is 89.3 Å². The Kier molecular flexibility index (Phi) is 2.05. The van der Waals surface area contributed by atoms with Crippen molar-refractivity contribution in [1.82, 2.24) is 4.98 Å². The maximum Gasteiger partial charge on any atom is 0.289 e. The molecule has 5 N–H and O–H groups in total. The van der Waals surface area contributed by atoms with Crippen molar-refractivity contribution in [2.24, 2.45) is 5.73 Å². The number of hydrogen-bond donors (Lipinski definition) is 4. The second-order valence-corrected chi connectivity index (χ2v) is 3.28. The molecule has 0 fully saturated rings. The lowest BCUT2D eigenvalue weighted by molar-refractivity contribution is -0.114. The van der Waals surface area contributed by atoms with Crippen molar-refractivity contribution in [2.45, 2.75) is 0 Å². The number of carbonyl (C=O) groups is 2. The van der Waals surface area contributed by atoms with E-state index >= 15 is 0 Å². The Bertz CT molecular complexity index is 600. The molecule has 1 heterocycles. The summed E-state index contributed by atoms with van der Waals surface area (Å²) >= 11 is 0. The van der Waals surface area contributed by atoms with Crippen LogP contribution in [0.2, 0.25) is 0 Å². The molecule has 82 valence electrons. The van der Waals surface area contributed by atoms with Crippen molar-refractivity contribution < 1.29 is 19.8 Å². The number of hydrogen-bond acceptors (Lipinski definition) is 4. The Morgan fingerprint density at radius 3 is 2.44 bits per heavy atom. The van der Waals surface area contributed by atoms with Crippen LogP contribution in [0.15, 0.2) is 18.3 Å². The molecule has 0 aliphatic heterocycles. The third-order valence-electron chi connectivity index (χ3n) is 2.25. The average molecular weight is 220 g/mol. The van der Waals surface area contributed by atoms with Gasteiger partial charge in [0.05, 0.1) is 11.1 Å². The van der Waals surface area contributed by atoms with Gasteiger partial charge in [0.1, 0.15) is 0 Å². The van der Waals surface area contributed by atoms with E-state index in [1.165, 1.54) is 18.3 Å². The van der Waals surface area contributed by atoms with Gasteiger partial charge in [-0.25, -0.2) is 0 Å². The molecule has 0 aliphatic rings. The van der Waals surface area contributed by atoms with Crippen LogP contribution in [0.25, 0.3) is 10.9 Å². The Hall–Kier alpha value is -2.50. The third-order valence-corrected chi connectivity index (χ3v) is 2.25. The second-order valence-electron chi connectivity index (χ2n) is 3.28. The Morgan fingerprint density at radius 1 is 1.19 bits per heavy atom. The van der Waals surface area contributed by atoms with Crippen molar-refractivity contribution in [2.75, 3.05) is 0 Å². The zero-order chi connectivity index (χ0) is 11.9. The minimum atomic E-state index is -1.08. The number of aromatic nitrogens is 1. The molecule has 0 atom stereocenters. The number of aromatic hydroxyl groups is 2. The van der Waals surface area contributed by atoms with Crippen LogP contribution in [0.4, 0.5) is 0 Å². The largest absolute Gasteiger partial charge is 0.504 e. The molecule has 6 heteroatoms. The zero-order valence-corrected chi connectivity index (χ0v) is 8.02. The van der Waals surface area contributed by atoms with Crippen LogP contribution in [0, 0.1) is 0 Å². The number of fused-ring (bicyclic) bond motifs is 1. The van der Waals surface area contributed by atoms with Crippen LogP contribution in [0.1, 0.15) is 10.4 Å². The fraction of sp³-hybridized carbons (Fsp3) is 0. The van der Waals surface area contributed by atoms with E-state index in [0.717, 1.165) is 0 Å². The SMILES string of the molecule is NC(=O)C(=O)c1c[nH]c2cc(O)c(O)cc12. The predicted octanol–water partition coefficient (Wildman–Crippen LogP) is 0.247. The molecule has 0 aliphatic carbocycles. The summed E-state index contributed by atoms with van der Waals surface area (Å²) in [5.74, 6) is -2.61. The van der Waals surface area contributed by atoms with Gasteiger partial charge in [0.2, 0.25) is 0 Å². The van der Waals surface area contributed by atoms with E-state index in [9.17, 15) is 19.8 Å². The van der Waals surface area contributed by atoms with E-state index < -0.39 is 11.7 Å². The zero-order valence-electron chi connectivity index (χ0n) is 8.02. The van der Waals surface area contributed by atoms with Gasteiger partial charge in [0, 0.05) is 17.6 Å². The van der Waals surface area contributed by atoms with E-state index in [1.807, 2.05) is 0 Å². The highest BCUT2D eigenvalue weighted by molar-refractivity contribution is 6.44. The maximum atomic E-state index is 11.4. The minimum Gasteiger partial charge on any atom is -0.504 e. The van der Waals surface area contributed by atoms with Crippen molar-refractivity contribution >= 4 is 22.6 Å². The van der Waals surface area contributed by atoms with Crippen molar-refractivity contribution in [1.29, 1.82) is 0 Å². The molecule has 0 spiro atoms. The summed E-state index contributed by atoms with van der Waals surface area (Å²) < 4.78 is 0. The number of benzene rings is 1. The summed E-state index contributed by atoms with van der Waals surface area (Å²) in [4.78, 5) is 24.8. The van der Waals surface area contributed by atoms with Crippen LogP contribution in [-0.2, 0) is 4.79 Å². The number of phenols is 2. The van der Waals surface area contributed by atoms with Crippen molar-refractivity contribution in [3.8, 4) is 11.5 Å². The van der Waals surface area contributed by atoms with Crippen LogP contribution in [0.3, 0.4) is 0 Å². The molecular formula is C10H8N2O4. The first-order valence-corrected chi connectivity index (χ1v) is 4.38. The molecule has 1 aromatic heterocycles. The molecule has 1 amide bonds. The predicted molar refractivity (Wildman–Crippen MR) is 55.2 cm³/mol. The smallest absolute Gasteiger partial charge is 0.289 e. The van der Waals surface area contributed by atoms with E-state index in [4.69, 9.17) is 5.73 Å². The highest BCUT2D eigenvalue weighted by atomic mass is 16.3. The van der Waals surface area contributed by atoms with Gasteiger partial charge in [-0.15, -0.1) is 0 Å². The van der Waals surface area contributed by atoms with E-state index in [-0.39, 0.29) is 17.1 Å². The summed E-state index contributed by atoms with van der Waals surface area (Å²) in [7, 11) is 0. The van der Waals surface area contributed by atoms with Gasteiger partial charge >= 0.3 is 0 Å². The first kappa shape index (κ1) is 10.0. The first-order chi connectivity index (χ1) is 7.50. The number of amides is 1. The average Bonchev–Trinajstić information content (AvgIpc) is 2.60. The quantitative estimate of drug-likeness (QED) is 0.329. The van der Waals surface area contributed by atoms with Gasteiger partial charge in [-0.05, 0) is 6.07 Å². The number of H-pyrrole nitrogens is 1. The number of nitrogens with one attached hydrogen (secondary N) is 1. The Balaban J connectivity index is 2.69.